The van der Waals surface area contributed by atoms with Gasteiger partial charge < -0.3 is 14.3 Å². The van der Waals surface area contributed by atoms with Crippen LogP contribution in [0.25, 0.3) is 11.3 Å². The van der Waals surface area contributed by atoms with Crippen LogP contribution in [0.2, 0.25) is 0 Å². The highest BCUT2D eigenvalue weighted by atomic mass is 16.5. The van der Waals surface area contributed by atoms with Crippen LogP contribution >= 0.6 is 0 Å². The van der Waals surface area contributed by atoms with E-state index in [4.69, 9.17) is 9.78 Å². The molecule has 1 amide bonds. The van der Waals surface area contributed by atoms with Crippen molar-refractivity contribution in [2.75, 3.05) is 19.6 Å². The lowest BCUT2D eigenvalue weighted by atomic mass is 10.1. The zero-order valence-electron chi connectivity index (χ0n) is 12.6. The Bertz CT molecular complexity index is 764. The van der Waals surface area contributed by atoms with E-state index in [9.17, 15) is 4.79 Å². The molecule has 0 bridgehead atoms. The molecule has 6 heteroatoms. The zero-order valence-corrected chi connectivity index (χ0v) is 12.6. The molecule has 2 aromatic rings. The van der Waals surface area contributed by atoms with E-state index in [-0.39, 0.29) is 17.7 Å². The van der Waals surface area contributed by atoms with Crippen molar-refractivity contribution in [2.45, 2.75) is 12.5 Å². The normalized spacial score (nSPS) is 22.9. The number of carbonyl (C=O) groups excluding carboxylic acids is 1. The van der Waals surface area contributed by atoms with Gasteiger partial charge in [-0.1, -0.05) is 35.5 Å². The minimum atomic E-state index is -0.132. The van der Waals surface area contributed by atoms with E-state index >= 15 is 0 Å². The number of likely N-dealkylation sites (tertiary alicyclic amines) is 2. The van der Waals surface area contributed by atoms with Crippen LogP contribution in [-0.4, -0.2) is 46.5 Å². The third-order valence-corrected chi connectivity index (χ3v) is 4.74. The van der Waals surface area contributed by atoms with Gasteiger partial charge in [0.25, 0.3) is 5.91 Å². The standard InChI is InChI=1S/C17H16N4O2/c18-11-20-9-13-6-7-21(15(13)10-20)17(22)16-8-14(19-23-16)12-4-2-1-3-5-12/h1-5,8,13,15H,6-7,9-10H2. The van der Waals surface area contributed by atoms with Crippen molar-refractivity contribution in [3.63, 3.8) is 0 Å². The van der Waals surface area contributed by atoms with Gasteiger partial charge in [-0.2, -0.15) is 5.26 Å². The maximum absolute atomic E-state index is 12.7. The summed E-state index contributed by atoms with van der Waals surface area (Å²) in [5.74, 6) is 0.516. The van der Waals surface area contributed by atoms with Crippen molar-refractivity contribution in [3.8, 4) is 17.5 Å². The van der Waals surface area contributed by atoms with E-state index in [1.807, 2.05) is 35.2 Å². The zero-order chi connectivity index (χ0) is 15.8. The van der Waals surface area contributed by atoms with Crippen LogP contribution in [0.4, 0.5) is 0 Å². The SMILES string of the molecule is N#CN1CC2CCN(C(=O)c3cc(-c4ccccc4)no3)C2C1. The van der Waals surface area contributed by atoms with Crippen LogP contribution in [0.1, 0.15) is 17.0 Å². The monoisotopic (exact) mass is 308 g/mol. The average Bonchev–Trinajstić information content (AvgIpc) is 3.30. The Morgan fingerprint density at radius 3 is 2.91 bits per heavy atom. The van der Waals surface area contributed by atoms with Crippen LogP contribution in [-0.2, 0) is 0 Å². The van der Waals surface area contributed by atoms with Crippen LogP contribution in [0, 0.1) is 17.4 Å². The van der Waals surface area contributed by atoms with Crippen molar-refractivity contribution in [1.29, 1.82) is 5.26 Å². The second-order valence-electron chi connectivity index (χ2n) is 6.06. The first kappa shape index (κ1) is 13.8. The summed E-state index contributed by atoms with van der Waals surface area (Å²) < 4.78 is 5.28. The summed E-state index contributed by atoms with van der Waals surface area (Å²) in [6, 6.07) is 11.4. The number of nitrogens with zero attached hydrogens (tertiary/aromatic N) is 4. The van der Waals surface area contributed by atoms with Gasteiger partial charge >= 0.3 is 0 Å². The van der Waals surface area contributed by atoms with Gasteiger partial charge in [0.2, 0.25) is 5.76 Å². The maximum Gasteiger partial charge on any atom is 0.292 e. The van der Waals surface area contributed by atoms with Crippen LogP contribution in [0.3, 0.4) is 0 Å². The number of rotatable bonds is 2. The highest BCUT2D eigenvalue weighted by molar-refractivity contribution is 5.93. The van der Waals surface area contributed by atoms with Gasteiger partial charge in [0.1, 0.15) is 5.69 Å². The summed E-state index contributed by atoms with van der Waals surface area (Å²) in [4.78, 5) is 16.3. The molecule has 1 aromatic carbocycles. The van der Waals surface area contributed by atoms with E-state index in [1.165, 1.54) is 0 Å². The van der Waals surface area contributed by atoms with Crippen LogP contribution < -0.4 is 0 Å². The highest BCUT2D eigenvalue weighted by Gasteiger charge is 2.44. The fraction of sp³-hybridized carbons (Fsp3) is 0.353. The summed E-state index contributed by atoms with van der Waals surface area (Å²) in [6.45, 7) is 2.08. The van der Waals surface area contributed by atoms with Crippen molar-refractivity contribution in [3.05, 3.63) is 42.2 Å². The molecule has 2 fully saturated rings. The number of fused-ring (bicyclic) bond motifs is 1. The number of nitriles is 1. The quantitative estimate of drug-likeness (QED) is 0.793. The molecular weight excluding hydrogens is 292 g/mol. The lowest BCUT2D eigenvalue weighted by Crippen LogP contribution is -2.39. The molecule has 0 radical (unpaired) electrons. The van der Waals surface area contributed by atoms with E-state index in [0.717, 1.165) is 25.1 Å². The molecule has 2 unspecified atom stereocenters. The van der Waals surface area contributed by atoms with E-state index in [0.29, 0.717) is 18.2 Å². The number of carbonyl (C=O) groups is 1. The largest absolute Gasteiger partial charge is 0.350 e. The molecular formula is C17H16N4O2. The first-order chi connectivity index (χ1) is 11.3. The number of aromatic nitrogens is 1. The van der Waals surface area contributed by atoms with Crippen LogP contribution in [0.15, 0.2) is 40.9 Å². The Morgan fingerprint density at radius 1 is 1.30 bits per heavy atom. The fourth-order valence-corrected chi connectivity index (χ4v) is 3.56. The van der Waals surface area contributed by atoms with Crippen molar-refractivity contribution >= 4 is 5.91 Å². The van der Waals surface area contributed by atoms with Gasteiger partial charge in [-0.25, -0.2) is 0 Å². The Labute approximate surface area is 133 Å². The molecule has 6 nitrogen and oxygen atoms in total. The molecule has 2 aliphatic heterocycles. The highest BCUT2D eigenvalue weighted by Crippen LogP contribution is 2.32. The second-order valence-corrected chi connectivity index (χ2v) is 6.06. The van der Waals surface area contributed by atoms with Crippen LogP contribution in [0.5, 0.6) is 0 Å². The van der Waals surface area contributed by atoms with Gasteiger partial charge in [-0.05, 0) is 6.42 Å². The maximum atomic E-state index is 12.7. The number of benzene rings is 1. The molecule has 2 saturated heterocycles. The van der Waals surface area contributed by atoms with Gasteiger partial charge in [-0.15, -0.1) is 0 Å². The molecule has 1 aromatic heterocycles. The summed E-state index contributed by atoms with van der Waals surface area (Å²) in [6.07, 6.45) is 3.12. The van der Waals surface area contributed by atoms with Crippen molar-refractivity contribution < 1.29 is 9.32 Å². The molecule has 0 aliphatic carbocycles. The lowest BCUT2D eigenvalue weighted by molar-refractivity contribution is 0.0689. The van der Waals surface area contributed by atoms with E-state index < -0.39 is 0 Å². The molecule has 4 rings (SSSR count). The lowest BCUT2D eigenvalue weighted by Gasteiger charge is -2.22. The molecule has 0 saturated carbocycles. The molecule has 116 valence electrons. The average molecular weight is 308 g/mol. The molecule has 2 aliphatic rings. The number of hydrogen-bond acceptors (Lipinski definition) is 5. The summed E-state index contributed by atoms with van der Waals surface area (Å²) in [5, 5.41) is 13.0. The summed E-state index contributed by atoms with van der Waals surface area (Å²) in [7, 11) is 0. The predicted molar refractivity (Wildman–Crippen MR) is 82.1 cm³/mol. The van der Waals surface area contributed by atoms with E-state index in [2.05, 4.69) is 11.3 Å². The summed E-state index contributed by atoms with van der Waals surface area (Å²) in [5.41, 5.74) is 1.58. The Kier molecular flexibility index (Phi) is 3.27. The first-order valence-electron chi connectivity index (χ1n) is 7.74. The predicted octanol–water partition coefficient (Wildman–Crippen LogP) is 1.97. The number of amides is 1. The van der Waals surface area contributed by atoms with Gasteiger partial charge in [0.05, 0.1) is 6.04 Å². The molecule has 23 heavy (non-hydrogen) atoms. The topological polar surface area (TPSA) is 73.4 Å². The van der Waals surface area contributed by atoms with Crippen molar-refractivity contribution in [2.24, 2.45) is 5.92 Å². The van der Waals surface area contributed by atoms with Gasteiger partial charge in [0.15, 0.2) is 6.19 Å². The third-order valence-electron chi connectivity index (χ3n) is 4.74. The van der Waals surface area contributed by atoms with Gasteiger partial charge in [0, 0.05) is 37.2 Å². The Hall–Kier alpha value is -2.81. The fourth-order valence-electron chi connectivity index (χ4n) is 3.56. The van der Waals surface area contributed by atoms with E-state index in [1.54, 1.807) is 11.0 Å². The second kappa shape index (κ2) is 5.43. The minimum Gasteiger partial charge on any atom is -0.350 e. The number of hydrogen-bond donors (Lipinski definition) is 0. The van der Waals surface area contributed by atoms with Crippen molar-refractivity contribution in [1.82, 2.24) is 15.0 Å². The molecule has 0 spiro atoms. The third kappa shape index (κ3) is 2.34. The Balaban J connectivity index is 1.54. The molecule has 2 atom stereocenters. The minimum absolute atomic E-state index is 0.104. The van der Waals surface area contributed by atoms with Gasteiger partial charge in [-0.3, -0.25) is 4.79 Å². The Morgan fingerprint density at radius 2 is 2.13 bits per heavy atom. The molecule has 3 heterocycles. The summed E-state index contributed by atoms with van der Waals surface area (Å²) >= 11 is 0. The molecule has 0 N–H and O–H groups in total. The first-order valence-corrected chi connectivity index (χ1v) is 7.74. The smallest absolute Gasteiger partial charge is 0.292 e.